The number of imide groups is 6. The van der Waals surface area contributed by atoms with E-state index in [0.29, 0.717) is 52.8 Å². The number of fused-ring (bicyclic) bond motifs is 2. The molecular weight excluding hydrogens is 1860 g/mol. The van der Waals surface area contributed by atoms with Crippen LogP contribution in [0, 0.1) is 12.3 Å². The number of carbonyl (C=O) groups excluding carboxylic acids is 13. The van der Waals surface area contributed by atoms with Crippen molar-refractivity contribution in [2.75, 3.05) is 84.1 Å². The van der Waals surface area contributed by atoms with Gasteiger partial charge in [-0.1, -0.05) is 143 Å². The third kappa shape index (κ3) is 32.9. The van der Waals surface area contributed by atoms with Crippen LogP contribution in [-0.4, -0.2) is 270 Å². The average molecular weight is 2020 g/mol. The van der Waals surface area contributed by atoms with Crippen LogP contribution in [0.2, 0.25) is 0 Å². The number of hydrogen-bond donors (Lipinski definition) is 2. The molecule has 44 heteroatoms. The van der Waals surface area contributed by atoms with Crippen molar-refractivity contribution >= 4 is 116 Å². The van der Waals surface area contributed by atoms with Gasteiger partial charge in [-0.15, -0.1) is 4.59 Å². The second-order valence-electron chi connectivity index (χ2n) is 34.1. The third-order valence-electron chi connectivity index (χ3n) is 22.7. The number of H-pyrrole nitrogens is 1. The Bertz CT molecular complexity index is 6460. The number of aromatic nitrogens is 9. The summed E-state index contributed by atoms with van der Waals surface area (Å²) >= 11 is 0. The normalized spacial score (nSPS) is 15.6. The van der Waals surface area contributed by atoms with Gasteiger partial charge in [-0.25, -0.2) is 81.4 Å². The van der Waals surface area contributed by atoms with E-state index in [-0.39, 0.29) is 207 Å². The van der Waals surface area contributed by atoms with Crippen LogP contribution in [-0.2, 0) is 82.8 Å². The molecule has 17 amide bonds. The van der Waals surface area contributed by atoms with Gasteiger partial charge >= 0.3 is 58.6 Å². The van der Waals surface area contributed by atoms with Gasteiger partial charge in [-0.2, -0.15) is 15.2 Å². The molecular formula is C100H158N21O23+. The lowest BCUT2D eigenvalue weighted by Crippen LogP contribution is -2.50. The number of ether oxygens (including phenoxy) is 1. The van der Waals surface area contributed by atoms with Crippen molar-refractivity contribution in [2.24, 2.45) is 59.9 Å². The predicted octanol–water partition coefficient (Wildman–Crippen LogP) is 11.0. The maximum absolute atomic E-state index is 11.9. The van der Waals surface area contributed by atoms with Gasteiger partial charge in [0.15, 0.2) is 5.60 Å². The van der Waals surface area contributed by atoms with Gasteiger partial charge in [0.05, 0.1) is 18.0 Å². The van der Waals surface area contributed by atoms with E-state index in [1.807, 2.05) is 50.2 Å². The van der Waals surface area contributed by atoms with Crippen molar-refractivity contribution < 1.29 is 76.1 Å². The Labute approximate surface area is 843 Å². The van der Waals surface area contributed by atoms with Crippen LogP contribution in [0.3, 0.4) is 0 Å². The standard InChI is InChI=1S/C13H9NO2.C13H14O2.C10H15NO2.C9H8N2O2.C6H12N3O2.C6H10N2O2.C6H8N2O2.C6H10N2O.C6H9NO3.C5H9N3O2.C5H8N2O2.C5H6N2O.10CH4/c1-14-12(15)9-6-2-4-8-5-3-7-10(11(8)9)13(14)16;1-8(2)10-4-5-12-11(7-10)9(3)6-13(14)15-12;1-11-8(12)6-10(7-9(11)13)4-2-3-5-10;1-11-8(12)6-4-2-3-5-7(6)10-9(11)13;1-7-5(10)8(2)9(3,4)6(7)11;1-6(2)4(9)8(3)5(10)7-6;1-7-4-3-5(9)8(2)6(7)10;1-5-3-4-6(9)8(2)7-5;1-6(2)4(8)7(3)5(9)10-6;1-6-4(9)7(2)8(3)5(6)10;1-6-3-4(8)7(2)5(6)9;1-7-5(8)3-2-4-6-7;;;;;;;;;;/h2-7H,1H3;4-8H,1-3H3;2-7H2,1H3;2-5H,1H3,(H,10,13);1-4H3;1-3H3,(H,7,10);3-4H,1-2H3;3-4H2,1-2H3;2*1-3H3;3H2,1-2H3;2-4H,1H3;10*1H4/q;;;;+1;;;;;;;;;;;;;;;;;. The van der Waals surface area contributed by atoms with Crippen molar-refractivity contribution in [1.82, 2.24) is 92.0 Å². The minimum Gasteiger partial charge on any atom is -0.433 e. The smallest absolute Gasteiger partial charge is 0.433 e. The number of aryl methyl sites for hydroxylation is 3. The molecule has 1 spiro atoms. The average Bonchev–Trinajstić information content (AvgIpc) is 1.21. The number of cyclic esters (lactones) is 1. The Hall–Kier alpha value is -15.3. The van der Waals surface area contributed by atoms with E-state index in [0.717, 1.165) is 84.9 Å². The van der Waals surface area contributed by atoms with Crippen LogP contribution in [0.5, 0.6) is 0 Å². The summed E-state index contributed by atoms with van der Waals surface area (Å²) in [4.78, 5) is 243. The SMILES string of the molecule is C.C.C.C.C.C.C.C.C.C.CC1=NN(C)C(=O)CC1.CN1C(=O)CC2(CCCC2)CC1=O.CN1C(=O)N(C)[N+](C)(C)C1=O.CN1C(=O)NC(C)(C)C1=O.CN1C(=O)OC(C)(C)C1=O.CN1C(=O)c2cccc3cccc(c23)C1=O.CN1CC(=O)N(C)C1=O.Cc1cc(=O)oc2ccc(C(C)C)cc12.Cn1c(=O)[nH]c2ccccc2c1=O.Cn1c(=O)n(C)n(C)c1=O.Cn1ccc(=O)n(C)c1=O.Cn1ncccc1=O. The molecule has 144 heavy (non-hydrogen) atoms. The number of nitrogens with one attached hydrogen (secondary N) is 2. The summed E-state index contributed by atoms with van der Waals surface area (Å²) in [5.41, 5.74) is 1.94. The van der Waals surface area contributed by atoms with Crippen LogP contribution in [0.4, 0.5) is 24.0 Å². The molecule has 0 unspecified atom stereocenters. The summed E-state index contributed by atoms with van der Waals surface area (Å²) in [6.07, 6.45) is 9.58. The number of amides is 17. The largest absolute Gasteiger partial charge is 0.451 e. The Morgan fingerprint density at radius 1 is 0.479 bits per heavy atom. The molecule has 2 N–H and O–H groups in total. The first-order valence-corrected chi connectivity index (χ1v) is 41.9. The van der Waals surface area contributed by atoms with Gasteiger partial charge in [0, 0.05) is 183 Å². The fraction of sp³-hybridized carbons (Fsp3) is 0.490. The number of rotatable bonds is 1. The summed E-state index contributed by atoms with van der Waals surface area (Å²) < 4.78 is 18.1. The molecule has 4 aromatic carbocycles. The summed E-state index contributed by atoms with van der Waals surface area (Å²) in [5, 5.41) is 16.2. The van der Waals surface area contributed by atoms with Crippen molar-refractivity contribution in [3.8, 4) is 0 Å². The van der Waals surface area contributed by atoms with E-state index in [1.165, 1.54) is 138 Å². The first-order chi connectivity index (χ1) is 62.2. The summed E-state index contributed by atoms with van der Waals surface area (Å²) in [6, 6.07) is 28.9. The Balaban J connectivity index is -0.000000487. The van der Waals surface area contributed by atoms with Crippen LogP contribution >= 0.6 is 0 Å². The Morgan fingerprint density at radius 3 is 1.35 bits per heavy atom. The number of quaternary nitrogens is 1. The van der Waals surface area contributed by atoms with Gasteiger partial charge < -0.3 is 28.9 Å². The zero-order chi connectivity index (χ0) is 101. The van der Waals surface area contributed by atoms with Gasteiger partial charge in [0.1, 0.15) is 31.8 Å². The van der Waals surface area contributed by atoms with E-state index < -0.39 is 17.2 Å². The highest BCUT2D eigenvalue weighted by atomic mass is 16.6. The van der Waals surface area contributed by atoms with Gasteiger partial charge in [-0.3, -0.25) is 81.5 Å². The molecule has 8 aliphatic rings. The molecule has 0 atom stereocenters. The van der Waals surface area contributed by atoms with Crippen LogP contribution in [0.15, 0.2) is 163 Å². The van der Waals surface area contributed by atoms with E-state index in [1.54, 1.807) is 147 Å². The molecule has 44 nitrogen and oxygen atoms in total. The van der Waals surface area contributed by atoms with E-state index in [4.69, 9.17) is 9.15 Å². The molecule has 0 radical (unpaired) electrons. The zero-order valence-electron chi connectivity index (χ0n) is 80.3. The van der Waals surface area contributed by atoms with Crippen molar-refractivity contribution in [1.29, 1.82) is 0 Å². The number of nitrogens with zero attached hydrogens (tertiary/aromatic N) is 19. The number of likely N-dealkylation sites (N-methyl/N-ethyl adjacent to an activating group) is 4. The molecule has 12 heterocycles. The third-order valence-corrected chi connectivity index (χ3v) is 22.7. The minimum atomic E-state index is -0.966. The minimum absolute atomic E-state index is 0. The van der Waals surface area contributed by atoms with Crippen molar-refractivity contribution in [2.45, 2.75) is 198 Å². The quantitative estimate of drug-likeness (QED) is 0.0667. The number of urea groups is 4. The predicted molar refractivity (Wildman–Crippen MR) is 562 cm³/mol. The monoisotopic (exact) mass is 2020 g/mol. The Morgan fingerprint density at radius 2 is 1.00 bits per heavy atom. The fourth-order valence-electron chi connectivity index (χ4n) is 13.8. The molecule has 1 aliphatic carbocycles. The maximum atomic E-state index is 11.9. The molecule has 7 aliphatic heterocycles. The zero-order valence-corrected chi connectivity index (χ0v) is 80.3. The lowest BCUT2D eigenvalue weighted by molar-refractivity contribution is -0.907. The molecule has 0 bridgehead atoms. The highest BCUT2D eigenvalue weighted by molar-refractivity contribution is 6.25. The first-order valence-electron chi connectivity index (χ1n) is 41.9. The first kappa shape index (κ1) is 137. The van der Waals surface area contributed by atoms with Crippen LogP contribution in [0.1, 0.15) is 212 Å². The molecule has 5 aromatic heterocycles. The van der Waals surface area contributed by atoms with E-state index in [2.05, 4.69) is 40.4 Å². The summed E-state index contributed by atoms with van der Waals surface area (Å²) in [6.45, 7) is 14.9. The Kier molecular flexibility index (Phi) is 54.3. The number of para-hydroxylation sites is 1. The molecule has 5 saturated heterocycles. The van der Waals surface area contributed by atoms with Gasteiger partial charge in [-0.05, 0) is 131 Å². The molecule has 6 fully saturated rings. The lowest BCUT2D eigenvalue weighted by atomic mass is 9.76. The summed E-state index contributed by atoms with van der Waals surface area (Å²) in [7, 11) is 27.8. The molecule has 800 valence electrons. The van der Waals surface area contributed by atoms with Gasteiger partial charge in [0.25, 0.3) is 40.3 Å². The lowest BCUT2D eigenvalue weighted by Gasteiger charge is -2.35. The van der Waals surface area contributed by atoms with Crippen LogP contribution < -0.4 is 50.4 Å². The number of hydrogen-bond acceptors (Lipinski definition) is 25. The number of carbonyl (C=O) groups is 13. The van der Waals surface area contributed by atoms with Crippen LogP contribution in [0.25, 0.3) is 32.6 Å². The fourth-order valence-corrected chi connectivity index (χ4v) is 13.8. The second kappa shape index (κ2) is 57.0. The number of piperidine rings is 1. The second-order valence-corrected chi connectivity index (χ2v) is 34.1. The number of likely N-dealkylation sites (tertiary alicyclic amines) is 1. The van der Waals surface area contributed by atoms with E-state index in [9.17, 15) is 101 Å². The van der Waals surface area contributed by atoms with E-state index >= 15 is 0 Å². The summed E-state index contributed by atoms with van der Waals surface area (Å²) in [5.74, 6) is -0.446. The molecule has 9 aromatic rings. The maximum Gasteiger partial charge on any atom is 0.451 e. The number of benzene rings is 4. The van der Waals surface area contributed by atoms with Gasteiger partial charge in [0.2, 0.25) is 23.6 Å². The number of hydrazone groups is 1. The molecule has 17 rings (SSSR count). The highest BCUT2D eigenvalue weighted by Crippen LogP contribution is 2.46. The molecule has 1 saturated carbocycles. The highest BCUT2D eigenvalue weighted by Gasteiger charge is 2.50. The topological polar surface area (TPSA) is 498 Å². The number of aromatic amines is 1. The van der Waals surface area contributed by atoms with Crippen molar-refractivity contribution in [3.63, 3.8) is 0 Å². The van der Waals surface area contributed by atoms with Crippen molar-refractivity contribution in [3.05, 3.63) is 221 Å².